The van der Waals surface area contributed by atoms with Crippen molar-refractivity contribution in [3.63, 3.8) is 0 Å². The Morgan fingerprint density at radius 2 is 1.84 bits per heavy atom. The van der Waals surface area contributed by atoms with Crippen LogP contribution in [-0.4, -0.2) is 20.2 Å². The summed E-state index contributed by atoms with van der Waals surface area (Å²) in [5.41, 5.74) is 6.13. The molecule has 0 spiro atoms. The highest BCUT2D eigenvalue weighted by atomic mass is 19.2. The SMILES string of the molecule is CCC(CC)n1nnnc1-c1cc(F)c(F)cc1N. The first-order valence-corrected chi connectivity index (χ1v) is 6.11. The van der Waals surface area contributed by atoms with E-state index in [9.17, 15) is 8.78 Å². The average Bonchev–Trinajstić information content (AvgIpc) is 2.84. The average molecular weight is 267 g/mol. The molecule has 0 radical (unpaired) electrons. The Hall–Kier alpha value is -2.05. The molecule has 0 aliphatic heterocycles. The molecule has 19 heavy (non-hydrogen) atoms. The van der Waals surface area contributed by atoms with Crippen LogP contribution >= 0.6 is 0 Å². The second kappa shape index (κ2) is 5.29. The number of halogens is 2. The van der Waals surface area contributed by atoms with Crippen LogP contribution in [0.3, 0.4) is 0 Å². The summed E-state index contributed by atoms with van der Waals surface area (Å²) in [5.74, 6) is -1.60. The van der Waals surface area contributed by atoms with Crippen molar-refractivity contribution in [1.82, 2.24) is 20.2 Å². The first kappa shape index (κ1) is 13.4. The van der Waals surface area contributed by atoms with Crippen LogP contribution in [0, 0.1) is 11.6 Å². The van der Waals surface area contributed by atoms with E-state index < -0.39 is 11.6 Å². The molecule has 0 bridgehead atoms. The summed E-state index contributed by atoms with van der Waals surface area (Å²) >= 11 is 0. The van der Waals surface area contributed by atoms with E-state index >= 15 is 0 Å². The first-order valence-electron chi connectivity index (χ1n) is 6.11. The molecule has 0 aliphatic rings. The van der Waals surface area contributed by atoms with Crippen molar-refractivity contribution in [3.05, 3.63) is 23.8 Å². The molecule has 1 heterocycles. The first-order chi connectivity index (χ1) is 9.08. The van der Waals surface area contributed by atoms with Crippen LogP contribution in [0.15, 0.2) is 12.1 Å². The number of benzene rings is 1. The Labute approximate surface area is 109 Å². The number of hydrogen-bond donors (Lipinski definition) is 1. The van der Waals surface area contributed by atoms with E-state index in [0.717, 1.165) is 25.0 Å². The highest BCUT2D eigenvalue weighted by Crippen LogP contribution is 2.28. The number of nitrogen functional groups attached to an aromatic ring is 1. The van der Waals surface area contributed by atoms with Gasteiger partial charge in [-0.3, -0.25) is 0 Å². The highest BCUT2D eigenvalue weighted by Gasteiger charge is 2.19. The molecule has 1 aromatic heterocycles. The molecule has 2 aromatic rings. The molecule has 2 N–H and O–H groups in total. The van der Waals surface area contributed by atoms with E-state index in [0.29, 0.717) is 11.4 Å². The van der Waals surface area contributed by atoms with Crippen molar-refractivity contribution >= 4 is 5.69 Å². The van der Waals surface area contributed by atoms with Crippen LogP contribution in [0.4, 0.5) is 14.5 Å². The Bertz CT molecular complexity index is 577. The minimum absolute atomic E-state index is 0.0949. The molecule has 0 unspecified atom stereocenters. The largest absolute Gasteiger partial charge is 0.398 e. The van der Waals surface area contributed by atoms with Gasteiger partial charge in [-0.05, 0) is 29.3 Å². The Kier molecular flexibility index (Phi) is 3.73. The number of tetrazole rings is 1. The van der Waals surface area contributed by atoms with Crippen molar-refractivity contribution < 1.29 is 8.78 Å². The van der Waals surface area contributed by atoms with Gasteiger partial charge in [-0.1, -0.05) is 13.8 Å². The van der Waals surface area contributed by atoms with E-state index in [1.807, 2.05) is 13.8 Å². The highest BCUT2D eigenvalue weighted by molar-refractivity contribution is 5.71. The summed E-state index contributed by atoms with van der Waals surface area (Å²) < 4.78 is 28.0. The Morgan fingerprint density at radius 3 is 2.47 bits per heavy atom. The zero-order valence-electron chi connectivity index (χ0n) is 10.8. The summed E-state index contributed by atoms with van der Waals surface area (Å²) in [7, 11) is 0. The summed E-state index contributed by atoms with van der Waals surface area (Å²) in [4.78, 5) is 0. The summed E-state index contributed by atoms with van der Waals surface area (Å²) in [5, 5.41) is 11.4. The van der Waals surface area contributed by atoms with E-state index in [-0.39, 0.29) is 11.7 Å². The molecule has 102 valence electrons. The van der Waals surface area contributed by atoms with Crippen molar-refractivity contribution in [1.29, 1.82) is 0 Å². The van der Waals surface area contributed by atoms with Gasteiger partial charge in [0.1, 0.15) is 0 Å². The fraction of sp³-hybridized carbons (Fsp3) is 0.417. The molecule has 7 heteroatoms. The summed E-state index contributed by atoms with van der Waals surface area (Å²) in [6, 6.07) is 2.06. The van der Waals surface area contributed by atoms with E-state index in [2.05, 4.69) is 15.5 Å². The van der Waals surface area contributed by atoms with Gasteiger partial charge in [-0.25, -0.2) is 13.5 Å². The van der Waals surface area contributed by atoms with Gasteiger partial charge in [0.25, 0.3) is 0 Å². The van der Waals surface area contributed by atoms with Gasteiger partial charge in [0.2, 0.25) is 0 Å². The minimum Gasteiger partial charge on any atom is -0.398 e. The summed E-state index contributed by atoms with van der Waals surface area (Å²) in [6.45, 7) is 4.02. The topological polar surface area (TPSA) is 69.6 Å². The fourth-order valence-corrected chi connectivity index (χ4v) is 2.01. The van der Waals surface area contributed by atoms with Gasteiger partial charge in [0, 0.05) is 17.3 Å². The van der Waals surface area contributed by atoms with Gasteiger partial charge in [-0.15, -0.1) is 5.10 Å². The number of hydrogen-bond acceptors (Lipinski definition) is 4. The van der Waals surface area contributed by atoms with Gasteiger partial charge in [0.15, 0.2) is 17.5 Å². The maximum absolute atomic E-state index is 13.3. The lowest BCUT2D eigenvalue weighted by atomic mass is 10.1. The maximum atomic E-state index is 13.3. The molecule has 0 saturated carbocycles. The van der Waals surface area contributed by atoms with Crippen LogP contribution < -0.4 is 5.73 Å². The third kappa shape index (κ3) is 2.40. The molecule has 0 aliphatic carbocycles. The number of aromatic nitrogens is 4. The van der Waals surface area contributed by atoms with Gasteiger partial charge in [-0.2, -0.15) is 0 Å². The molecule has 2 rings (SSSR count). The van der Waals surface area contributed by atoms with Crippen molar-refractivity contribution in [2.24, 2.45) is 0 Å². The number of anilines is 1. The van der Waals surface area contributed by atoms with E-state index in [1.165, 1.54) is 0 Å². The predicted octanol–water partition coefficient (Wildman–Crippen LogP) is 2.56. The van der Waals surface area contributed by atoms with E-state index in [4.69, 9.17) is 5.73 Å². The molecular formula is C12H15F2N5. The zero-order chi connectivity index (χ0) is 14.0. The molecule has 0 fully saturated rings. The Morgan fingerprint density at radius 1 is 1.21 bits per heavy atom. The second-order valence-electron chi connectivity index (χ2n) is 4.27. The predicted molar refractivity (Wildman–Crippen MR) is 67.2 cm³/mol. The van der Waals surface area contributed by atoms with Crippen molar-refractivity contribution in [2.75, 3.05) is 5.73 Å². The molecule has 0 atom stereocenters. The van der Waals surface area contributed by atoms with Crippen LogP contribution in [0.25, 0.3) is 11.4 Å². The molecule has 0 saturated heterocycles. The molecule has 5 nitrogen and oxygen atoms in total. The lowest BCUT2D eigenvalue weighted by Gasteiger charge is -2.15. The van der Waals surface area contributed by atoms with Crippen LogP contribution in [-0.2, 0) is 0 Å². The van der Waals surface area contributed by atoms with Crippen LogP contribution in [0.2, 0.25) is 0 Å². The monoisotopic (exact) mass is 267 g/mol. The van der Waals surface area contributed by atoms with Crippen LogP contribution in [0.1, 0.15) is 32.7 Å². The second-order valence-corrected chi connectivity index (χ2v) is 4.27. The maximum Gasteiger partial charge on any atom is 0.184 e. The summed E-state index contributed by atoms with van der Waals surface area (Å²) in [6.07, 6.45) is 1.66. The number of nitrogens with zero attached hydrogens (tertiary/aromatic N) is 4. The third-order valence-corrected chi connectivity index (χ3v) is 3.11. The van der Waals surface area contributed by atoms with Crippen molar-refractivity contribution in [2.45, 2.75) is 32.7 Å². The van der Waals surface area contributed by atoms with Crippen LogP contribution in [0.5, 0.6) is 0 Å². The lowest BCUT2D eigenvalue weighted by molar-refractivity contribution is 0.422. The van der Waals surface area contributed by atoms with Gasteiger partial charge < -0.3 is 5.73 Å². The molecule has 1 aromatic carbocycles. The molecular weight excluding hydrogens is 252 g/mol. The number of rotatable bonds is 4. The van der Waals surface area contributed by atoms with Gasteiger partial charge in [0.05, 0.1) is 6.04 Å². The van der Waals surface area contributed by atoms with Crippen molar-refractivity contribution in [3.8, 4) is 11.4 Å². The number of nitrogens with two attached hydrogens (primary N) is 1. The Balaban J connectivity index is 2.54. The third-order valence-electron chi connectivity index (χ3n) is 3.11. The fourth-order valence-electron chi connectivity index (χ4n) is 2.01. The minimum atomic E-state index is -0.984. The quantitative estimate of drug-likeness (QED) is 0.864. The van der Waals surface area contributed by atoms with E-state index in [1.54, 1.807) is 4.68 Å². The lowest BCUT2D eigenvalue weighted by Crippen LogP contribution is -2.11. The smallest absolute Gasteiger partial charge is 0.184 e. The van der Waals surface area contributed by atoms with Gasteiger partial charge >= 0.3 is 0 Å². The standard InChI is InChI=1S/C12H15F2N5/c1-3-7(4-2)19-12(16-17-18-19)8-5-9(13)10(14)6-11(8)15/h5-7H,3-4,15H2,1-2H3. The zero-order valence-corrected chi connectivity index (χ0v) is 10.8. The molecule has 0 amide bonds. The normalized spacial score (nSPS) is 11.2.